The quantitative estimate of drug-likeness (QED) is 0.484. The number of carbonyl (C=O) groups excluding carboxylic acids is 2. The van der Waals surface area contributed by atoms with E-state index in [-0.39, 0.29) is 6.61 Å². The van der Waals surface area contributed by atoms with Gasteiger partial charge < -0.3 is 19.0 Å². The maximum absolute atomic E-state index is 10.7. The number of benzene rings is 1. The van der Waals surface area contributed by atoms with E-state index in [4.69, 9.17) is 14.2 Å². The van der Waals surface area contributed by atoms with Crippen LogP contribution in [0, 0.1) is 0 Å². The van der Waals surface area contributed by atoms with Crippen LogP contribution in [0.2, 0.25) is 0 Å². The van der Waals surface area contributed by atoms with Crippen LogP contribution in [-0.4, -0.2) is 38.7 Å². The summed E-state index contributed by atoms with van der Waals surface area (Å²) >= 11 is 0. The molecule has 0 amide bonds. The van der Waals surface area contributed by atoms with E-state index < -0.39 is 12.4 Å². The summed E-state index contributed by atoms with van der Waals surface area (Å²) in [6.45, 7) is 0.458. The Morgan fingerprint density at radius 3 is 2.44 bits per heavy atom. The van der Waals surface area contributed by atoms with Crippen LogP contribution in [0.15, 0.2) is 30.3 Å². The topological polar surface area (TPSA) is 61.8 Å². The normalized spacial score (nSPS) is 13.8. The third-order valence-corrected chi connectivity index (χ3v) is 2.20. The Bertz CT molecular complexity index is 352. The second kappa shape index (κ2) is 8.52. The van der Waals surface area contributed by atoms with Crippen LogP contribution in [0.25, 0.3) is 0 Å². The summed E-state index contributed by atoms with van der Waals surface area (Å²) in [5.41, 5.74) is 1.00. The van der Waals surface area contributed by atoms with E-state index >= 15 is 0 Å². The molecule has 5 nitrogen and oxygen atoms in total. The maximum Gasteiger partial charge on any atom is 0.215 e. The van der Waals surface area contributed by atoms with Crippen molar-refractivity contribution < 1.29 is 23.8 Å². The molecule has 0 aliphatic rings. The standard InChI is InChI=1S/C13H16O5/c1-16-13(8-15)18-12(7-14)10-17-9-11-5-3-2-4-6-11/h2-8,12-13H,9-10H2,1H3/t12-,13-/m0/s1. The minimum absolute atomic E-state index is 0.0755. The van der Waals surface area contributed by atoms with Gasteiger partial charge in [0.05, 0.1) is 13.2 Å². The maximum atomic E-state index is 10.7. The zero-order chi connectivity index (χ0) is 13.2. The van der Waals surface area contributed by atoms with Crippen LogP contribution in [0.4, 0.5) is 0 Å². The zero-order valence-corrected chi connectivity index (χ0v) is 10.2. The summed E-state index contributed by atoms with van der Waals surface area (Å²) in [6.07, 6.45) is -0.793. The molecular weight excluding hydrogens is 236 g/mol. The number of methoxy groups -OCH3 is 1. The summed E-state index contributed by atoms with van der Waals surface area (Å²) in [5.74, 6) is 0. The molecule has 1 aromatic rings. The van der Waals surface area contributed by atoms with Gasteiger partial charge in [0.2, 0.25) is 6.29 Å². The predicted octanol–water partition coefficient (Wildman–Crippen LogP) is 0.959. The lowest BCUT2D eigenvalue weighted by Crippen LogP contribution is -2.29. The van der Waals surface area contributed by atoms with Gasteiger partial charge in [-0.3, -0.25) is 4.79 Å². The average molecular weight is 252 g/mol. The van der Waals surface area contributed by atoms with E-state index in [0.717, 1.165) is 5.56 Å². The van der Waals surface area contributed by atoms with Crippen molar-refractivity contribution in [2.75, 3.05) is 13.7 Å². The summed E-state index contributed by atoms with van der Waals surface area (Å²) in [6, 6.07) is 9.55. The van der Waals surface area contributed by atoms with Gasteiger partial charge >= 0.3 is 0 Å². The molecule has 1 rings (SSSR count). The highest BCUT2D eigenvalue weighted by Crippen LogP contribution is 2.02. The zero-order valence-electron chi connectivity index (χ0n) is 10.2. The van der Waals surface area contributed by atoms with Gasteiger partial charge in [0, 0.05) is 7.11 Å². The Balaban J connectivity index is 2.31. The molecule has 0 fully saturated rings. The number of rotatable bonds is 9. The number of hydrogen-bond donors (Lipinski definition) is 0. The molecule has 0 bridgehead atoms. The number of ether oxygens (including phenoxy) is 3. The molecule has 5 heteroatoms. The molecule has 98 valence electrons. The third-order valence-electron chi connectivity index (χ3n) is 2.20. The van der Waals surface area contributed by atoms with E-state index in [9.17, 15) is 9.59 Å². The highest BCUT2D eigenvalue weighted by atomic mass is 16.7. The first kappa shape index (κ1) is 14.5. The number of carbonyl (C=O) groups is 2. The molecule has 0 saturated carbocycles. The molecule has 18 heavy (non-hydrogen) atoms. The van der Waals surface area contributed by atoms with Crippen LogP contribution in [0.1, 0.15) is 5.56 Å². The monoisotopic (exact) mass is 252 g/mol. The van der Waals surface area contributed by atoms with E-state index in [2.05, 4.69) is 0 Å². The van der Waals surface area contributed by atoms with Crippen molar-refractivity contribution in [2.24, 2.45) is 0 Å². The van der Waals surface area contributed by atoms with E-state index in [1.807, 2.05) is 30.3 Å². The lowest BCUT2D eigenvalue weighted by Gasteiger charge is -2.15. The fourth-order valence-electron chi connectivity index (χ4n) is 1.29. The van der Waals surface area contributed by atoms with Crippen molar-refractivity contribution in [3.8, 4) is 0 Å². The highest BCUT2D eigenvalue weighted by Gasteiger charge is 2.15. The molecule has 0 unspecified atom stereocenters. The van der Waals surface area contributed by atoms with Crippen molar-refractivity contribution in [1.29, 1.82) is 0 Å². The number of hydrogen-bond acceptors (Lipinski definition) is 5. The first-order chi connectivity index (χ1) is 8.80. The summed E-state index contributed by atoms with van der Waals surface area (Å²) in [4.78, 5) is 21.2. The second-order valence-corrected chi connectivity index (χ2v) is 3.55. The molecule has 0 saturated heterocycles. The summed E-state index contributed by atoms with van der Waals surface area (Å²) < 4.78 is 15.1. The first-order valence-corrected chi connectivity index (χ1v) is 5.50. The Kier molecular flexibility index (Phi) is 6.86. The van der Waals surface area contributed by atoms with Crippen LogP contribution in [0.3, 0.4) is 0 Å². The van der Waals surface area contributed by atoms with Gasteiger partial charge in [0.15, 0.2) is 12.6 Å². The van der Waals surface area contributed by atoms with Gasteiger partial charge in [-0.1, -0.05) is 30.3 Å². The fraction of sp³-hybridized carbons (Fsp3) is 0.385. The van der Waals surface area contributed by atoms with Crippen molar-refractivity contribution in [1.82, 2.24) is 0 Å². The Hall–Kier alpha value is -1.56. The molecule has 0 aliphatic carbocycles. The van der Waals surface area contributed by atoms with Gasteiger partial charge in [-0.25, -0.2) is 0 Å². The molecule has 0 radical (unpaired) electrons. The van der Waals surface area contributed by atoms with Crippen molar-refractivity contribution >= 4 is 12.6 Å². The SMILES string of the molecule is CO[C@H](C=O)O[C@@H](C=O)COCc1ccccc1. The van der Waals surface area contributed by atoms with Crippen LogP contribution < -0.4 is 0 Å². The number of aldehydes is 2. The van der Waals surface area contributed by atoms with Gasteiger partial charge in [-0.15, -0.1) is 0 Å². The van der Waals surface area contributed by atoms with Crippen molar-refractivity contribution in [3.05, 3.63) is 35.9 Å². The summed E-state index contributed by atoms with van der Waals surface area (Å²) in [7, 11) is 1.33. The molecule has 0 aromatic heterocycles. The van der Waals surface area contributed by atoms with E-state index in [1.54, 1.807) is 0 Å². The molecule has 0 spiro atoms. The van der Waals surface area contributed by atoms with Gasteiger partial charge in [-0.05, 0) is 5.56 Å². The summed E-state index contributed by atoms with van der Waals surface area (Å²) in [5, 5.41) is 0. The Morgan fingerprint density at radius 1 is 1.17 bits per heavy atom. The van der Waals surface area contributed by atoms with Gasteiger partial charge in [0.1, 0.15) is 6.10 Å². The predicted molar refractivity (Wildman–Crippen MR) is 63.9 cm³/mol. The minimum atomic E-state index is -1.04. The van der Waals surface area contributed by atoms with Crippen LogP contribution in [0.5, 0.6) is 0 Å². The first-order valence-electron chi connectivity index (χ1n) is 5.50. The second-order valence-electron chi connectivity index (χ2n) is 3.55. The molecule has 0 heterocycles. The van der Waals surface area contributed by atoms with Crippen molar-refractivity contribution in [2.45, 2.75) is 19.0 Å². The Labute approximate surface area is 106 Å². The van der Waals surface area contributed by atoms with Crippen molar-refractivity contribution in [3.63, 3.8) is 0 Å². The van der Waals surface area contributed by atoms with Gasteiger partial charge in [0.25, 0.3) is 0 Å². The average Bonchev–Trinajstić information content (AvgIpc) is 2.44. The van der Waals surface area contributed by atoms with Crippen LogP contribution in [-0.2, 0) is 30.4 Å². The smallest absolute Gasteiger partial charge is 0.215 e. The third kappa shape index (κ3) is 5.18. The van der Waals surface area contributed by atoms with E-state index in [1.165, 1.54) is 7.11 Å². The lowest BCUT2D eigenvalue weighted by atomic mass is 10.2. The molecular formula is C13H16O5. The molecule has 0 N–H and O–H groups in total. The molecule has 2 atom stereocenters. The fourth-order valence-corrected chi connectivity index (χ4v) is 1.29. The van der Waals surface area contributed by atoms with Crippen LogP contribution >= 0.6 is 0 Å². The minimum Gasteiger partial charge on any atom is -0.374 e. The molecule has 0 aliphatic heterocycles. The van der Waals surface area contributed by atoms with Gasteiger partial charge in [-0.2, -0.15) is 0 Å². The molecule has 1 aromatic carbocycles. The highest BCUT2D eigenvalue weighted by molar-refractivity contribution is 5.58. The largest absolute Gasteiger partial charge is 0.374 e. The van der Waals surface area contributed by atoms with E-state index in [0.29, 0.717) is 19.2 Å². The lowest BCUT2D eigenvalue weighted by molar-refractivity contribution is -0.172. The Morgan fingerprint density at radius 2 is 1.89 bits per heavy atom.